The highest BCUT2D eigenvalue weighted by atomic mass is 16.5. The number of anilines is 1. The molecule has 0 saturated heterocycles. The van der Waals surface area contributed by atoms with Gasteiger partial charge in [0.15, 0.2) is 5.52 Å². The highest BCUT2D eigenvalue weighted by Gasteiger charge is 2.09. The van der Waals surface area contributed by atoms with E-state index >= 15 is 0 Å². The van der Waals surface area contributed by atoms with Gasteiger partial charge in [0.05, 0.1) is 0 Å². The molecule has 0 amide bonds. The van der Waals surface area contributed by atoms with Gasteiger partial charge in [0.25, 0.3) is 0 Å². The van der Waals surface area contributed by atoms with Gasteiger partial charge in [-0.05, 0) is 37.1 Å². The topological polar surface area (TPSA) is 95.1 Å². The van der Waals surface area contributed by atoms with Crippen molar-refractivity contribution in [2.24, 2.45) is 0 Å². The molecule has 7 heteroatoms. The molecule has 0 aliphatic rings. The summed E-state index contributed by atoms with van der Waals surface area (Å²) in [7, 11) is 0. The summed E-state index contributed by atoms with van der Waals surface area (Å²) in [4.78, 5) is 0. The number of ether oxygens (including phenoxy) is 1. The zero-order valence-electron chi connectivity index (χ0n) is 15.1. The second-order valence-corrected chi connectivity index (χ2v) is 6.31. The number of benzene rings is 2. The molecule has 26 heavy (non-hydrogen) atoms. The normalized spacial score (nSPS) is 12.3. The van der Waals surface area contributed by atoms with E-state index < -0.39 is 6.10 Å². The third-order valence-corrected chi connectivity index (χ3v) is 4.21. The van der Waals surface area contributed by atoms with Gasteiger partial charge in [-0.25, -0.2) is 0 Å². The highest BCUT2D eigenvalue weighted by Crippen LogP contribution is 2.21. The number of para-hydroxylation sites is 2. The zero-order valence-corrected chi connectivity index (χ0v) is 15.1. The molecule has 1 heterocycles. The summed E-state index contributed by atoms with van der Waals surface area (Å²) in [5.74, 6) is 0.618. The Hall–Kier alpha value is -2.64. The first-order chi connectivity index (χ1) is 12.6. The molecule has 0 bridgehead atoms. The SMILES string of the molecule is Cc1cccc(C)c1NCCNCC(O)COc1cccc2n[nH]nc12. The summed E-state index contributed by atoms with van der Waals surface area (Å²) in [5, 5.41) is 27.4. The molecule has 1 aromatic heterocycles. The third kappa shape index (κ3) is 4.50. The average Bonchev–Trinajstić information content (AvgIpc) is 3.11. The van der Waals surface area contributed by atoms with Crippen LogP contribution in [0.3, 0.4) is 0 Å². The number of aryl methyl sites for hydroxylation is 2. The lowest BCUT2D eigenvalue weighted by atomic mass is 10.1. The number of aromatic amines is 1. The van der Waals surface area contributed by atoms with Crippen molar-refractivity contribution in [3.63, 3.8) is 0 Å². The van der Waals surface area contributed by atoms with Gasteiger partial charge in [-0.15, -0.1) is 0 Å². The quantitative estimate of drug-likeness (QED) is 0.439. The van der Waals surface area contributed by atoms with Gasteiger partial charge >= 0.3 is 0 Å². The molecule has 7 nitrogen and oxygen atoms in total. The molecule has 3 rings (SSSR count). The molecular weight excluding hydrogens is 330 g/mol. The molecule has 0 aliphatic heterocycles. The first kappa shape index (κ1) is 18.2. The van der Waals surface area contributed by atoms with Crippen LogP contribution in [-0.4, -0.2) is 52.9 Å². The molecule has 138 valence electrons. The lowest BCUT2D eigenvalue weighted by molar-refractivity contribution is 0.107. The van der Waals surface area contributed by atoms with Crippen molar-refractivity contribution in [3.05, 3.63) is 47.5 Å². The van der Waals surface area contributed by atoms with E-state index in [1.54, 1.807) is 0 Å². The van der Waals surface area contributed by atoms with Crippen LogP contribution in [0.4, 0.5) is 5.69 Å². The van der Waals surface area contributed by atoms with E-state index in [4.69, 9.17) is 4.74 Å². The van der Waals surface area contributed by atoms with Crippen LogP contribution in [-0.2, 0) is 0 Å². The van der Waals surface area contributed by atoms with E-state index in [1.165, 1.54) is 16.8 Å². The fraction of sp³-hybridized carbons (Fsp3) is 0.368. The molecule has 1 atom stereocenters. The number of aliphatic hydroxyl groups is 1. The maximum atomic E-state index is 10.1. The summed E-state index contributed by atoms with van der Waals surface area (Å²) in [6.45, 7) is 6.40. The van der Waals surface area contributed by atoms with Crippen LogP contribution in [0, 0.1) is 13.8 Å². The van der Waals surface area contributed by atoms with Crippen molar-refractivity contribution >= 4 is 16.7 Å². The second kappa shape index (κ2) is 8.64. The van der Waals surface area contributed by atoms with Crippen molar-refractivity contribution < 1.29 is 9.84 Å². The molecule has 4 N–H and O–H groups in total. The first-order valence-corrected chi connectivity index (χ1v) is 8.76. The second-order valence-electron chi connectivity index (χ2n) is 6.31. The van der Waals surface area contributed by atoms with Crippen molar-refractivity contribution in [2.45, 2.75) is 20.0 Å². The van der Waals surface area contributed by atoms with Crippen LogP contribution in [0.5, 0.6) is 5.75 Å². The Morgan fingerprint density at radius 2 is 1.85 bits per heavy atom. The number of rotatable bonds is 9. The first-order valence-electron chi connectivity index (χ1n) is 8.76. The Balaban J connectivity index is 1.37. The van der Waals surface area contributed by atoms with Crippen LogP contribution in [0.15, 0.2) is 36.4 Å². The molecule has 2 aromatic carbocycles. The standard InChI is InChI=1S/C19H25N5O2/c1-13-5-3-6-14(2)18(13)21-10-9-20-11-15(25)12-26-17-8-4-7-16-19(17)23-24-22-16/h3-8,15,20-21,25H,9-12H2,1-2H3,(H,22,23,24). The van der Waals surface area contributed by atoms with E-state index in [0.717, 1.165) is 18.6 Å². The number of hydrogen-bond acceptors (Lipinski definition) is 6. The van der Waals surface area contributed by atoms with Crippen LogP contribution in [0.2, 0.25) is 0 Å². The highest BCUT2D eigenvalue weighted by molar-refractivity contribution is 5.80. The molecule has 0 saturated carbocycles. The average molecular weight is 355 g/mol. The number of fused-ring (bicyclic) bond motifs is 1. The maximum absolute atomic E-state index is 10.1. The smallest absolute Gasteiger partial charge is 0.154 e. The number of aliphatic hydroxyl groups excluding tert-OH is 1. The van der Waals surface area contributed by atoms with E-state index in [-0.39, 0.29) is 6.61 Å². The predicted molar refractivity (Wildman–Crippen MR) is 103 cm³/mol. The van der Waals surface area contributed by atoms with Crippen molar-refractivity contribution in [1.82, 2.24) is 20.7 Å². The van der Waals surface area contributed by atoms with Gasteiger partial charge in [0, 0.05) is 25.3 Å². The Morgan fingerprint density at radius 1 is 1.08 bits per heavy atom. The lowest BCUT2D eigenvalue weighted by Gasteiger charge is -2.15. The lowest BCUT2D eigenvalue weighted by Crippen LogP contribution is -2.34. The minimum absolute atomic E-state index is 0.198. The van der Waals surface area contributed by atoms with Gasteiger partial charge in [-0.2, -0.15) is 15.4 Å². The fourth-order valence-corrected chi connectivity index (χ4v) is 2.84. The van der Waals surface area contributed by atoms with Gasteiger partial charge in [-0.1, -0.05) is 24.3 Å². The van der Waals surface area contributed by atoms with Crippen LogP contribution < -0.4 is 15.4 Å². The van der Waals surface area contributed by atoms with Crippen LogP contribution in [0.25, 0.3) is 11.0 Å². The van der Waals surface area contributed by atoms with Crippen LogP contribution in [0.1, 0.15) is 11.1 Å². The third-order valence-electron chi connectivity index (χ3n) is 4.21. The zero-order chi connectivity index (χ0) is 18.4. The molecule has 3 aromatic rings. The summed E-state index contributed by atoms with van der Waals surface area (Å²) in [6.07, 6.45) is -0.600. The molecule has 0 aliphatic carbocycles. The minimum atomic E-state index is -0.600. The van der Waals surface area contributed by atoms with Gasteiger partial charge in [0.2, 0.25) is 0 Å². The number of H-pyrrole nitrogens is 1. The van der Waals surface area contributed by atoms with Crippen molar-refractivity contribution in [2.75, 3.05) is 31.6 Å². The van der Waals surface area contributed by atoms with E-state index in [9.17, 15) is 5.11 Å². The van der Waals surface area contributed by atoms with E-state index in [0.29, 0.717) is 17.8 Å². The summed E-state index contributed by atoms with van der Waals surface area (Å²) >= 11 is 0. The monoisotopic (exact) mass is 355 g/mol. The molecule has 1 unspecified atom stereocenters. The van der Waals surface area contributed by atoms with Gasteiger partial charge < -0.3 is 20.5 Å². The Labute approximate surface area is 152 Å². The Bertz CT molecular complexity index is 829. The van der Waals surface area contributed by atoms with Crippen molar-refractivity contribution in [3.8, 4) is 5.75 Å². The Morgan fingerprint density at radius 3 is 2.65 bits per heavy atom. The number of nitrogens with zero attached hydrogens (tertiary/aromatic N) is 2. The molecule has 0 spiro atoms. The predicted octanol–water partition coefficient (Wildman–Crippen LogP) is 2.02. The minimum Gasteiger partial charge on any atom is -0.488 e. The van der Waals surface area contributed by atoms with Gasteiger partial charge in [-0.3, -0.25) is 0 Å². The maximum Gasteiger partial charge on any atom is 0.154 e. The number of aromatic nitrogens is 3. The summed E-state index contributed by atoms with van der Waals surface area (Å²) in [6, 6.07) is 11.8. The summed E-state index contributed by atoms with van der Waals surface area (Å²) < 4.78 is 5.67. The molecular formula is C19H25N5O2. The number of nitrogens with one attached hydrogen (secondary N) is 3. The van der Waals surface area contributed by atoms with Crippen LogP contribution >= 0.6 is 0 Å². The largest absolute Gasteiger partial charge is 0.488 e. The summed E-state index contributed by atoms with van der Waals surface area (Å²) in [5.41, 5.74) is 5.07. The van der Waals surface area contributed by atoms with E-state index in [2.05, 4.69) is 58.1 Å². The van der Waals surface area contributed by atoms with Gasteiger partial charge in [0.1, 0.15) is 24.0 Å². The van der Waals surface area contributed by atoms with E-state index in [1.807, 2.05) is 18.2 Å². The molecule has 0 radical (unpaired) electrons. The molecule has 0 fully saturated rings. The number of hydrogen-bond donors (Lipinski definition) is 4. The Kier molecular flexibility index (Phi) is 6.04. The van der Waals surface area contributed by atoms with Crippen molar-refractivity contribution in [1.29, 1.82) is 0 Å². The fourth-order valence-electron chi connectivity index (χ4n) is 2.84.